The van der Waals surface area contributed by atoms with Crippen LogP contribution < -0.4 is 20.3 Å². The SMILES string of the molecule is CCCNC(=O)[C@@H]1CC(=O)N(c2ccc(OCC(=O)Nc3cccc(C(F)(F)F)c3)cc2)C1. The first-order valence-corrected chi connectivity index (χ1v) is 10.5. The Labute approximate surface area is 188 Å². The summed E-state index contributed by atoms with van der Waals surface area (Å²) in [5.74, 6) is -0.962. The molecule has 3 amide bonds. The molecule has 7 nitrogen and oxygen atoms in total. The third-order valence-electron chi connectivity index (χ3n) is 5.04. The molecule has 2 aromatic rings. The highest BCUT2D eigenvalue weighted by atomic mass is 19.4. The lowest BCUT2D eigenvalue weighted by Crippen LogP contribution is -2.33. The van der Waals surface area contributed by atoms with E-state index in [4.69, 9.17) is 4.74 Å². The van der Waals surface area contributed by atoms with Crippen molar-refractivity contribution in [3.63, 3.8) is 0 Å². The number of carbonyl (C=O) groups excluding carboxylic acids is 3. The van der Waals surface area contributed by atoms with Crippen LogP contribution in [0.15, 0.2) is 48.5 Å². The Balaban J connectivity index is 1.52. The Kier molecular flexibility index (Phi) is 7.57. The van der Waals surface area contributed by atoms with E-state index in [-0.39, 0.29) is 30.5 Å². The molecule has 1 fully saturated rings. The minimum absolute atomic E-state index is 0.0128. The van der Waals surface area contributed by atoms with Gasteiger partial charge in [0.2, 0.25) is 11.8 Å². The van der Waals surface area contributed by atoms with E-state index < -0.39 is 30.2 Å². The first kappa shape index (κ1) is 24.1. The Bertz CT molecular complexity index is 1010. The third kappa shape index (κ3) is 6.47. The molecule has 0 aliphatic carbocycles. The molecule has 10 heteroatoms. The number of alkyl halides is 3. The summed E-state index contributed by atoms with van der Waals surface area (Å²) >= 11 is 0. The van der Waals surface area contributed by atoms with Crippen LogP contribution in [0, 0.1) is 5.92 Å². The van der Waals surface area contributed by atoms with Gasteiger partial charge in [-0.2, -0.15) is 13.2 Å². The van der Waals surface area contributed by atoms with E-state index in [1.54, 1.807) is 24.3 Å². The molecular formula is C23H24F3N3O4. The maximum absolute atomic E-state index is 12.8. The zero-order chi connectivity index (χ0) is 24.0. The van der Waals surface area contributed by atoms with Crippen LogP contribution in [-0.4, -0.2) is 37.4 Å². The Morgan fingerprint density at radius 3 is 2.55 bits per heavy atom. The maximum atomic E-state index is 12.8. The number of nitrogens with zero attached hydrogens (tertiary/aromatic N) is 1. The second-order valence-corrected chi connectivity index (χ2v) is 7.61. The Morgan fingerprint density at radius 2 is 1.88 bits per heavy atom. The van der Waals surface area contributed by atoms with Gasteiger partial charge in [-0.1, -0.05) is 13.0 Å². The summed E-state index contributed by atoms with van der Waals surface area (Å²) < 4.78 is 43.7. The molecule has 1 saturated heterocycles. The van der Waals surface area contributed by atoms with Crippen LogP contribution in [0.5, 0.6) is 5.75 Å². The highest BCUT2D eigenvalue weighted by Crippen LogP contribution is 2.31. The van der Waals surface area contributed by atoms with Gasteiger partial charge < -0.3 is 20.3 Å². The van der Waals surface area contributed by atoms with Crippen molar-refractivity contribution < 1.29 is 32.3 Å². The molecule has 0 saturated carbocycles. The lowest BCUT2D eigenvalue weighted by atomic mass is 10.1. The zero-order valence-corrected chi connectivity index (χ0v) is 17.9. The van der Waals surface area contributed by atoms with Crippen LogP contribution in [0.3, 0.4) is 0 Å². The predicted molar refractivity (Wildman–Crippen MR) is 116 cm³/mol. The molecule has 2 aromatic carbocycles. The number of hydrogen-bond donors (Lipinski definition) is 2. The average molecular weight is 463 g/mol. The van der Waals surface area contributed by atoms with Crippen LogP contribution in [0.2, 0.25) is 0 Å². The number of amides is 3. The van der Waals surface area contributed by atoms with Crippen molar-refractivity contribution in [1.82, 2.24) is 5.32 Å². The minimum Gasteiger partial charge on any atom is -0.484 e. The molecule has 0 unspecified atom stereocenters. The van der Waals surface area contributed by atoms with Crippen LogP contribution in [0.1, 0.15) is 25.3 Å². The van der Waals surface area contributed by atoms with E-state index in [1.807, 2.05) is 6.92 Å². The molecule has 1 atom stereocenters. The van der Waals surface area contributed by atoms with Crippen molar-refractivity contribution >= 4 is 29.1 Å². The molecule has 33 heavy (non-hydrogen) atoms. The molecule has 1 heterocycles. The van der Waals surface area contributed by atoms with E-state index in [1.165, 1.54) is 17.0 Å². The number of hydrogen-bond acceptors (Lipinski definition) is 4. The molecule has 2 N–H and O–H groups in total. The molecule has 0 radical (unpaired) electrons. The van der Waals surface area contributed by atoms with Gasteiger partial charge in [-0.3, -0.25) is 14.4 Å². The van der Waals surface area contributed by atoms with E-state index in [0.717, 1.165) is 18.6 Å². The molecule has 3 rings (SSSR count). The standard InChI is InChI=1S/C23H24F3N3O4/c1-2-10-27-22(32)15-11-21(31)29(13-15)18-6-8-19(9-7-18)33-14-20(30)28-17-5-3-4-16(12-17)23(24,25)26/h3-9,12,15H,2,10-11,13-14H2,1H3,(H,27,32)(H,28,30)/t15-/m1/s1. The van der Waals surface area contributed by atoms with Crippen molar-refractivity contribution in [3.8, 4) is 5.75 Å². The number of benzene rings is 2. The van der Waals surface area contributed by atoms with Crippen LogP contribution in [0.25, 0.3) is 0 Å². The molecular weight excluding hydrogens is 439 g/mol. The fourth-order valence-corrected chi connectivity index (χ4v) is 3.37. The van der Waals surface area contributed by atoms with Gasteiger partial charge in [0.1, 0.15) is 5.75 Å². The summed E-state index contributed by atoms with van der Waals surface area (Å²) in [6.45, 7) is 2.40. The Morgan fingerprint density at radius 1 is 1.15 bits per heavy atom. The van der Waals surface area contributed by atoms with Crippen molar-refractivity contribution in [2.45, 2.75) is 25.9 Å². The van der Waals surface area contributed by atoms with Gasteiger partial charge in [0.05, 0.1) is 11.5 Å². The smallest absolute Gasteiger partial charge is 0.416 e. The number of anilines is 2. The largest absolute Gasteiger partial charge is 0.484 e. The van der Waals surface area contributed by atoms with Gasteiger partial charge in [-0.05, 0) is 48.9 Å². The van der Waals surface area contributed by atoms with Gasteiger partial charge in [0, 0.05) is 30.9 Å². The fourth-order valence-electron chi connectivity index (χ4n) is 3.37. The molecule has 0 aromatic heterocycles. The van der Waals surface area contributed by atoms with Gasteiger partial charge in [0.25, 0.3) is 5.91 Å². The zero-order valence-electron chi connectivity index (χ0n) is 17.9. The summed E-state index contributed by atoms with van der Waals surface area (Å²) in [5.41, 5.74) is -0.247. The maximum Gasteiger partial charge on any atom is 0.416 e. The lowest BCUT2D eigenvalue weighted by molar-refractivity contribution is -0.137. The quantitative estimate of drug-likeness (QED) is 0.626. The topological polar surface area (TPSA) is 87.7 Å². The molecule has 0 spiro atoms. The highest BCUT2D eigenvalue weighted by molar-refractivity contribution is 6.00. The fraction of sp³-hybridized carbons (Fsp3) is 0.348. The van der Waals surface area contributed by atoms with E-state index in [2.05, 4.69) is 10.6 Å². The summed E-state index contributed by atoms with van der Waals surface area (Å²) in [4.78, 5) is 38.0. The summed E-state index contributed by atoms with van der Waals surface area (Å²) in [7, 11) is 0. The summed E-state index contributed by atoms with van der Waals surface area (Å²) in [5, 5.41) is 5.16. The number of ether oxygens (including phenoxy) is 1. The van der Waals surface area contributed by atoms with E-state index in [9.17, 15) is 27.6 Å². The monoisotopic (exact) mass is 463 g/mol. The van der Waals surface area contributed by atoms with Crippen LogP contribution in [-0.2, 0) is 20.6 Å². The van der Waals surface area contributed by atoms with E-state index in [0.29, 0.717) is 18.0 Å². The van der Waals surface area contributed by atoms with Gasteiger partial charge in [0.15, 0.2) is 6.61 Å². The second-order valence-electron chi connectivity index (χ2n) is 7.61. The van der Waals surface area contributed by atoms with Gasteiger partial charge >= 0.3 is 6.18 Å². The molecule has 1 aliphatic rings. The number of rotatable bonds is 8. The van der Waals surface area contributed by atoms with E-state index >= 15 is 0 Å². The van der Waals surface area contributed by atoms with Crippen LogP contribution in [0.4, 0.5) is 24.5 Å². The predicted octanol–water partition coefficient (Wildman–Crippen LogP) is 3.60. The summed E-state index contributed by atoms with van der Waals surface area (Å²) in [6, 6.07) is 10.7. The minimum atomic E-state index is -4.50. The molecule has 0 bridgehead atoms. The first-order chi connectivity index (χ1) is 15.7. The van der Waals surface area contributed by atoms with Crippen molar-refractivity contribution in [1.29, 1.82) is 0 Å². The summed E-state index contributed by atoms with van der Waals surface area (Å²) in [6.07, 6.45) is -3.55. The number of carbonyl (C=O) groups is 3. The molecule has 176 valence electrons. The first-order valence-electron chi connectivity index (χ1n) is 10.5. The van der Waals surface area contributed by atoms with Gasteiger partial charge in [-0.25, -0.2) is 0 Å². The normalized spacial score (nSPS) is 15.9. The second kappa shape index (κ2) is 10.4. The molecule has 1 aliphatic heterocycles. The number of halogens is 3. The van der Waals surface area contributed by atoms with Gasteiger partial charge in [-0.15, -0.1) is 0 Å². The average Bonchev–Trinajstić information content (AvgIpc) is 3.17. The lowest BCUT2D eigenvalue weighted by Gasteiger charge is -2.17. The third-order valence-corrected chi connectivity index (χ3v) is 5.04. The number of nitrogens with one attached hydrogen (secondary N) is 2. The van der Waals surface area contributed by atoms with Crippen molar-refractivity contribution in [2.75, 3.05) is 29.9 Å². The highest BCUT2D eigenvalue weighted by Gasteiger charge is 2.35. The Hall–Kier alpha value is -3.56. The van der Waals surface area contributed by atoms with Crippen molar-refractivity contribution in [3.05, 3.63) is 54.1 Å². The van der Waals surface area contributed by atoms with Crippen molar-refractivity contribution in [2.24, 2.45) is 5.92 Å². The van der Waals surface area contributed by atoms with Crippen LogP contribution >= 0.6 is 0 Å².